The number of rotatable bonds is 29. The van der Waals surface area contributed by atoms with Crippen LogP contribution in [0.3, 0.4) is 0 Å². The predicted octanol–water partition coefficient (Wildman–Crippen LogP) is 9.51. The molecular weight excluding hydrogens is 482 g/mol. The second kappa shape index (κ2) is 31.1. The third kappa shape index (κ3) is 28.0. The van der Waals surface area contributed by atoms with Crippen LogP contribution in [0.1, 0.15) is 162 Å². The Kier molecular flexibility index (Phi) is 30.0. The highest BCUT2D eigenvalue weighted by molar-refractivity contribution is 5.76. The van der Waals surface area contributed by atoms with Crippen LogP contribution in [0, 0.1) is 0 Å². The fourth-order valence-corrected chi connectivity index (χ4v) is 4.71. The van der Waals surface area contributed by atoms with Crippen molar-refractivity contribution in [2.24, 2.45) is 0 Å². The van der Waals surface area contributed by atoms with Crippen molar-refractivity contribution in [3.05, 3.63) is 36.5 Å². The van der Waals surface area contributed by atoms with Crippen molar-refractivity contribution in [1.29, 1.82) is 0 Å². The Morgan fingerprint density at radius 2 is 1.00 bits per heavy atom. The van der Waals surface area contributed by atoms with E-state index in [1.165, 1.54) is 103 Å². The molecule has 1 amide bonds. The van der Waals surface area contributed by atoms with Crippen molar-refractivity contribution in [1.82, 2.24) is 5.32 Å². The van der Waals surface area contributed by atoms with E-state index in [1.54, 1.807) is 6.08 Å². The largest absolute Gasteiger partial charge is 0.394 e. The maximum absolute atomic E-state index is 11.8. The third-order valence-electron chi connectivity index (χ3n) is 7.35. The van der Waals surface area contributed by atoms with Gasteiger partial charge in [-0.05, 0) is 44.9 Å². The lowest BCUT2D eigenvalue weighted by molar-refractivity contribution is -0.123. The van der Waals surface area contributed by atoms with Crippen LogP contribution in [0.4, 0.5) is 0 Å². The van der Waals surface area contributed by atoms with Crippen LogP contribution < -0.4 is 5.32 Å². The van der Waals surface area contributed by atoms with Crippen molar-refractivity contribution < 1.29 is 15.0 Å². The second-order valence-electron chi connectivity index (χ2n) is 11.2. The zero-order valence-corrected chi connectivity index (χ0v) is 25.9. The van der Waals surface area contributed by atoms with E-state index in [0.717, 1.165) is 38.5 Å². The van der Waals surface area contributed by atoms with Crippen molar-refractivity contribution in [2.45, 2.75) is 174 Å². The number of amides is 1. The minimum atomic E-state index is -0.862. The summed E-state index contributed by atoms with van der Waals surface area (Å²) >= 11 is 0. The number of unbranched alkanes of at least 4 members (excludes halogenated alkanes) is 18. The van der Waals surface area contributed by atoms with Gasteiger partial charge in [0.2, 0.25) is 5.91 Å². The molecular formula is C35H65NO3. The summed E-state index contributed by atoms with van der Waals surface area (Å²) in [5.41, 5.74) is 0. The standard InChI is InChI=1S/C35H65NO3/c1-3-5-7-8-9-10-11-12-13-14-15-16-17-18-19-20-21-22-23-24-25-26-27-28-29-30-34(38)33(32-37)36-35(39)31-6-4-2/h21-22,25-26,29-30,33-34,37-38H,3-20,23-24,27-28,31-32H2,1-2H3,(H,36,39)/b22-21+,26-25+,30-29+. The van der Waals surface area contributed by atoms with E-state index < -0.39 is 12.1 Å². The van der Waals surface area contributed by atoms with Crippen LogP contribution in [0.15, 0.2) is 36.5 Å². The van der Waals surface area contributed by atoms with Gasteiger partial charge in [-0.1, -0.05) is 147 Å². The molecule has 0 radical (unpaired) electrons. The predicted molar refractivity (Wildman–Crippen MR) is 170 cm³/mol. The van der Waals surface area contributed by atoms with Crippen molar-refractivity contribution in [3.8, 4) is 0 Å². The minimum Gasteiger partial charge on any atom is -0.394 e. The molecule has 0 saturated carbocycles. The molecule has 0 aliphatic rings. The van der Waals surface area contributed by atoms with Gasteiger partial charge in [0.25, 0.3) is 0 Å². The van der Waals surface area contributed by atoms with Crippen LogP contribution in [-0.4, -0.2) is 34.9 Å². The normalized spacial score (nSPS) is 13.6. The molecule has 4 nitrogen and oxygen atoms in total. The topological polar surface area (TPSA) is 69.6 Å². The summed E-state index contributed by atoms with van der Waals surface area (Å²) in [7, 11) is 0. The van der Waals surface area contributed by atoms with Gasteiger partial charge >= 0.3 is 0 Å². The smallest absolute Gasteiger partial charge is 0.220 e. The number of carbonyl (C=O) groups is 1. The zero-order chi connectivity index (χ0) is 28.7. The van der Waals surface area contributed by atoms with E-state index >= 15 is 0 Å². The maximum Gasteiger partial charge on any atom is 0.220 e. The third-order valence-corrected chi connectivity index (χ3v) is 7.35. The number of allylic oxidation sites excluding steroid dienone is 5. The van der Waals surface area contributed by atoms with Gasteiger partial charge in [0.15, 0.2) is 0 Å². The maximum atomic E-state index is 11.8. The molecule has 39 heavy (non-hydrogen) atoms. The van der Waals surface area contributed by atoms with Crippen LogP contribution in [0.5, 0.6) is 0 Å². The van der Waals surface area contributed by atoms with E-state index in [2.05, 4.69) is 36.5 Å². The molecule has 0 aliphatic heterocycles. The highest BCUT2D eigenvalue weighted by Gasteiger charge is 2.17. The first-order chi connectivity index (χ1) is 19.2. The van der Waals surface area contributed by atoms with Gasteiger partial charge in [0.1, 0.15) is 0 Å². The van der Waals surface area contributed by atoms with E-state index in [0.29, 0.717) is 6.42 Å². The summed E-state index contributed by atoms with van der Waals surface area (Å²) in [6.07, 6.45) is 40.4. The van der Waals surface area contributed by atoms with Gasteiger partial charge in [0, 0.05) is 6.42 Å². The molecule has 0 aromatic rings. The lowest BCUT2D eigenvalue weighted by Crippen LogP contribution is -2.45. The first-order valence-corrected chi connectivity index (χ1v) is 16.7. The van der Waals surface area contributed by atoms with Crippen LogP contribution in [0.25, 0.3) is 0 Å². The average molecular weight is 548 g/mol. The lowest BCUT2D eigenvalue weighted by Gasteiger charge is -2.19. The molecule has 0 aromatic heterocycles. The SMILES string of the molecule is CCCCCCCCCCCCCCCCC/C=C/CC/C=C/CC/C=C/C(O)C(CO)NC(=O)CCCC. The Hall–Kier alpha value is -1.39. The van der Waals surface area contributed by atoms with E-state index in [1.807, 2.05) is 13.0 Å². The quantitative estimate of drug-likeness (QED) is 0.0645. The van der Waals surface area contributed by atoms with Crippen molar-refractivity contribution in [3.63, 3.8) is 0 Å². The van der Waals surface area contributed by atoms with Crippen LogP contribution in [0.2, 0.25) is 0 Å². The summed E-state index contributed by atoms with van der Waals surface area (Å²) in [6.45, 7) is 4.05. The number of aliphatic hydroxyl groups is 2. The first-order valence-electron chi connectivity index (χ1n) is 16.7. The Bertz CT molecular complexity index is 599. The molecule has 0 aromatic carbocycles. The summed E-state index contributed by atoms with van der Waals surface area (Å²) in [5, 5.41) is 22.3. The number of aliphatic hydroxyl groups excluding tert-OH is 2. The van der Waals surface area contributed by atoms with Crippen LogP contribution in [-0.2, 0) is 4.79 Å². The monoisotopic (exact) mass is 547 g/mol. The van der Waals surface area contributed by atoms with E-state index in [9.17, 15) is 15.0 Å². The Morgan fingerprint density at radius 1 is 0.590 bits per heavy atom. The first kappa shape index (κ1) is 37.6. The number of nitrogens with one attached hydrogen (secondary N) is 1. The average Bonchev–Trinajstić information content (AvgIpc) is 2.94. The van der Waals surface area contributed by atoms with Gasteiger partial charge in [-0.2, -0.15) is 0 Å². The molecule has 0 fully saturated rings. The zero-order valence-electron chi connectivity index (χ0n) is 25.9. The molecule has 4 heteroatoms. The van der Waals surface area contributed by atoms with E-state index in [4.69, 9.17) is 0 Å². The Morgan fingerprint density at radius 3 is 1.46 bits per heavy atom. The van der Waals surface area contributed by atoms with Gasteiger partial charge in [0.05, 0.1) is 18.8 Å². The number of hydrogen-bond acceptors (Lipinski definition) is 3. The molecule has 0 rings (SSSR count). The van der Waals surface area contributed by atoms with Gasteiger partial charge in [-0.15, -0.1) is 0 Å². The second-order valence-corrected chi connectivity index (χ2v) is 11.2. The van der Waals surface area contributed by atoms with E-state index in [-0.39, 0.29) is 12.5 Å². The number of hydrogen-bond donors (Lipinski definition) is 3. The van der Waals surface area contributed by atoms with Gasteiger partial charge < -0.3 is 15.5 Å². The summed E-state index contributed by atoms with van der Waals surface area (Å²) in [5.74, 6) is -0.116. The minimum absolute atomic E-state index is 0.116. The molecule has 2 atom stereocenters. The van der Waals surface area contributed by atoms with Crippen LogP contribution >= 0.6 is 0 Å². The molecule has 0 aliphatic carbocycles. The molecule has 228 valence electrons. The summed E-state index contributed by atoms with van der Waals surface area (Å²) in [6, 6.07) is -0.637. The molecule has 0 heterocycles. The summed E-state index contributed by atoms with van der Waals surface area (Å²) < 4.78 is 0. The van der Waals surface area contributed by atoms with Gasteiger partial charge in [-0.3, -0.25) is 4.79 Å². The van der Waals surface area contributed by atoms with Crippen molar-refractivity contribution in [2.75, 3.05) is 6.61 Å². The molecule has 0 bridgehead atoms. The molecule has 0 saturated heterocycles. The Labute approximate surface area is 242 Å². The van der Waals surface area contributed by atoms with Gasteiger partial charge in [-0.25, -0.2) is 0 Å². The fraction of sp³-hybridized carbons (Fsp3) is 0.800. The molecule has 0 spiro atoms. The Balaban J connectivity index is 3.51. The number of carbonyl (C=O) groups excluding carboxylic acids is 1. The highest BCUT2D eigenvalue weighted by atomic mass is 16.3. The fourth-order valence-electron chi connectivity index (χ4n) is 4.71. The molecule has 3 N–H and O–H groups in total. The molecule has 2 unspecified atom stereocenters. The van der Waals surface area contributed by atoms with Crippen molar-refractivity contribution >= 4 is 5.91 Å². The highest BCUT2D eigenvalue weighted by Crippen LogP contribution is 2.14. The summed E-state index contributed by atoms with van der Waals surface area (Å²) in [4.78, 5) is 11.8. The lowest BCUT2D eigenvalue weighted by atomic mass is 10.0.